The summed E-state index contributed by atoms with van der Waals surface area (Å²) in [5, 5.41) is 27.5. The summed E-state index contributed by atoms with van der Waals surface area (Å²) in [5.41, 5.74) is 5.96. The highest BCUT2D eigenvalue weighted by molar-refractivity contribution is 5.98. The van der Waals surface area contributed by atoms with Gasteiger partial charge >= 0.3 is 6.09 Å². The van der Waals surface area contributed by atoms with E-state index in [2.05, 4.69) is 30.3 Å². The Balaban J connectivity index is 1.95. The first-order chi connectivity index (χ1) is 16.4. The standard InChI is InChI=1S/C24H32FN7O3/c1-24(2,14-30(3)4)11-20-17(12-26)19(9-10-31(20)23(34)35)32-13-18(21(27)33)22(29-32)28-16-7-5-15(25)6-8-16/h5-8,13,17,19-20H,9-11,14H2,1-4H3,(H2,27,33)(H,28,29)(H,34,35)/t17-,19+,20?/m0/s1. The zero-order valence-corrected chi connectivity index (χ0v) is 20.4. The highest BCUT2D eigenvalue weighted by atomic mass is 19.1. The van der Waals surface area contributed by atoms with E-state index in [-0.39, 0.29) is 23.3 Å². The third-order valence-corrected chi connectivity index (χ3v) is 6.24. The van der Waals surface area contributed by atoms with Crippen LogP contribution in [-0.2, 0) is 0 Å². The second kappa shape index (κ2) is 10.3. The van der Waals surface area contributed by atoms with E-state index in [0.717, 1.165) is 6.54 Å². The fourth-order valence-corrected chi connectivity index (χ4v) is 5.00. The number of nitrogens with zero attached hydrogens (tertiary/aromatic N) is 5. The van der Waals surface area contributed by atoms with Gasteiger partial charge in [0.1, 0.15) is 11.4 Å². The normalized spacial score (nSPS) is 20.5. The first kappa shape index (κ1) is 26.0. The molecule has 1 fully saturated rings. The number of halogens is 1. The van der Waals surface area contributed by atoms with E-state index in [1.54, 1.807) is 0 Å². The summed E-state index contributed by atoms with van der Waals surface area (Å²) in [6, 6.07) is 6.86. The number of nitrogens with one attached hydrogen (secondary N) is 1. The Morgan fingerprint density at radius 3 is 2.54 bits per heavy atom. The van der Waals surface area contributed by atoms with Gasteiger partial charge in [-0.15, -0.1) is 0 Å². The molecule has 188 valence electrons. The number of nitrogens with two attached hydrogens (primary N) is 1. The molecule has 1 aromatic carbocycles. The molecule has 3 rings (SSSR count). The van der Waals surface area contributed by atoms with Crippen LogP contribution in [0.5, 0.6) is 0 Å². The summed E-state index contributed by atoms with van der Waals surface area (Å²) >= 11 is 0. The number of amides is 2. The number of hydrogen-bond donors (Lipinski definition) is 3. The number of carbonyl (C=O) groups excluding carboxylic acids is 1. The number of hydrogen-bond acceptors (Lipinski definition) is 6. The Kier molecular flexibility index (Phi) is 7.65. The molecule has 11 heteroatoms. The van der Waals surface area contributed by atoms with Gasteiger partial charge in [0.2, 0.25) is 0 Å². The fraction of sp³-hybridized carbons (Fsp3) is 0.500. The molecule has 1 unspecified atom stereocenters. The third kappa shape index (κ3) is 6.08. The minimum atomic E-state index is -1.06. The van der Waals surface area contributed by atoms with E-state index in [4.69, 9.17) is 5.73 Å². The topological polar surface area (TPSA) is 141 Å². The lowest BCUT2D eigenvalue weighted by molar-refractivity contribution is 0.0409. The second-order valence-corrected chi connectivity index (χ2v) is 10.0. The van der Waals surface area contributed by atoms with Gasteiger partial charge in [-0.05, 0) is 56.6 Å². The molecule has 2 amide bonds. The zero-order valence-electron chi connectivity index (χ0n) is 20.4. The molecule has 0 aliphatic carbocycles. The van der Waals surface area contributed by atoms with Crippen LogP contribution in [0.3, 0.4) is 0 Å². The van der Waals surface area contributed by atoms with Crippen LogP contribution in [0.1, 0.15) is 43.1 Å². The van der Waals surface area contributed by atoms with Crippen molar-refractivity contribution in [2.45, 2.75) is 38.8 Å². The van der Waals surface area contributed by atoms with Gasteiger partial charge in [0, 0.05) is 25.0 Å². The second-order valence-electron chi connectivity index (χ2n) is 10.0. The average Bonchev–Trinajstić information content (AvgIpc) is 3.17. The molecule has 2 heterocycles. The minimum absolute atomic E-state index is 0.121. The fourth-order valence-electron chi connectivity index (χ4n) is 5.00. The summed E-state index contributed by atoms with van der Waals surface area (Å²) in [5.74, 6) is -1.62. The molecule has 1 aliphatic rings. The smallest absolute Gasteiger partial charge is 0.407 e. The Bertz CT molecular complexity index is 1110. The van der Waals surface area contributed by atoms with E-state index >= 15 is 0 Å². The zero-order chi connectivity index (χ0) is 25.9. The summed E-state index contributed by atoms with van der Waals surface area (Å²) in [7, 11) is 3.90. The van der Waals surface area contributed by atoms with Gasteiger partial charge in [0.05, 0.1) is 24.1 Å². The maximum absolute atomic E-state index is 13.3. The van der Waals surface area contributed by atoms with Crippen molar-refractivity contribution in [3.63, 3.8) is 0 Å². The lowest BCUT2D eigenvalue weighted by Crippen LogP contribution is -2.53. The first-order valence-electron chi connectivity index (χ1n) is 11.4. The lowest BCUT2D eigenvalue weighted by atomic mass is 9.76. The number of rotatable bonds is 8. The van der Waals surface area contributed by atoms with Crippen LogP contribution in [0.4, 0.5) is 20.7 Å². The Labute approximate surface area is 204 Å². The highest BCUT2D eigenvalue weighted by Crippen LogP contribution is 2.39. The van der Waals surface area contributed by atoms with Gasteiger partial charge < -0.3 is 26.0 Å². The van der Waals surface area contributed by atoms with Crippen LogP contribution in [0.2, 0.25) is 0 Å². The molecular weight excluding hydrogens is 453 g/mol. The Hall–Kier alpha value is -3.65. The van der Waals surface area contributed by atoms with Crippen LogP contribution < -0.4 is 11.1 Å². The van der Waals surface area contributed by atoms with E-state index in [1.165, 1.54) is 40.0 Å². The van der Waals surface area contributed by atoms with Crippen molar-refractivity contribution in [2.24, 2.45) is 17.1 Å². The van der Waals surface area contributed by atoms with Crippen molar-refractivity contribution in [1.29, 1.82) is 5.26 Å². The monoisotopic (exact) mass is 485 g/mol. The van der Waals surface area contributed by atoms with Crippen molar-refractivity contribution < 1.29 is 19.1 Å². The third-order valence-electron chi connectivity index (χ3n) is 6.24. The van der Waals surface area contributed by atoms with E-state index < -0.39 is 35.8 Å². The Morgan fingerprint density at radius 1 is 1.34 bits per heavy atom. The number of aromatic nitrogens is 2. The number of benzene rings is 1. The molecule has 10 nitrogen and oxygen atoms in total. The van der Waals surface area contributed by atoms with Crippen molar-refractivity contribution in [1.82, 2.24) is 19.6 Å². The van der Waals surface area contributed by atoms with Crippen molar-refractivity contribution in [3.05, 3.63) is 41.8 Å². The maximum Gasteiger partial charge on any atom is 0.407 e. The molecule has 1 aliphatic heterocycles. The average molecular weight is 486 g/mol. The van der Waals surface area contributed by atoms with Crippen molar-refractivity contribution in [3.8, 4) is 6.07 Å². The van der Waals surface area contributed by atoms with Crippen LogP contribution in [-0.4, -0.2) is 69.9 Å². The minimum Gasteiger partial charge on any atom is -0.465 e. The lowest BCUT2D eigenvalue weighted by Gasteiger charge is -2.44. The number of piperidine rings is 1. The summed E-state index contributed by atoms with van der Waals surface area (Å²) in [6.45, 7) is 5.05. The molecule has 1 saturated heterocycles. The van der Waals surface area contributed by atoms with Gasteiger partial charge in [-0.25, -0.2) is 9.18 Å². The van der Waals surface area contributed by atoms with Crippen molar-refractivity contribution in [2.75, 3.05) is 32.5 Å². The molecule has 0 bridgehead atoms. The molecule has 0 spiro atoms. The van der Waals surface area contributed by atoms with E-state index in [1.807, 2.05) is 19.0 Å². The molecule has 4 N–H and O–H groups in total. The van der Waals surface area contributed by atoms with Crippen molar-refractivity contribution >= 4 is 23.5 Å². The molecule has 3 atom stereocenters. The predicted octanol–water partition coefficient (Wildman–Crippen LogP) is 3.28. The number of anilines is 2. The summed E-state index contributed by atoms with van der Waals surface area (Å²) < 4.78 is 14.8. The van der Waals surface area contributed by atoms with E-state index in [9.17, 15) is 24.3 Å². The summed E-state index contributed by atoms with van der Waals surface area (Å²) in [4.78, 5) is 27.5. The maximum atomic E-state index is 13.3. The largest absolute Gasteiger partial charge is 0.465 e. The number of carboxylic acid groups (broad SMARTS) is 1. The van der Waals surface area contributed by atoms with Gasteiger partial charge in [-0.2, -0.15) is 10.4 Å². The van der Waals surface area contributed by atoms with Crippen LogP contribution in [0.15, 0.2) is 30.5 Å². The van der Waals surface area contributed by atoms with Crippen LogP contribution in [0, 0.1) is 28.5 Å². The Morgan fingerprint density at radius 2 is 2.00 bits per heavy atom. The number of primary amides is 1. The molecule has 2 aromatic rings. The highest BCUT2D eigenvalue weighted by Gasteiger charge is 2.44. The number of likely N-dealkylation sites (tertiary alicyclic amines) is 1. The predicted molar refractivity (Wildman–Crippen MR) is 129 cm³/mol. The first-order valence-corrected chi connectivity index (χ1v) is 11.4. The molecule has 1 aromatic heterocycles. The molecule has 35 heavy (non-hydrogen) atoms. The van der Waals surface area contributed by atoms with Gasteiger partial charge in [-0.1, -0.05) is 13.8 Å². The number of carbonyl (C=O) groups is 2. The number of nitriles is 1. The summed E-state index contributed by atoms with van der Waals surface area (Å²) in [6.07, 6.45) is 1.26. The van der Waals surface area contributed by atoms with E-state index in [0.29, 0.717) is 18.5 Å². The van der Waals surface area contributed by atoms with Gasteiger partial charge in [-0.3, -0.25) is 9.48 Å². The molecular formula is C24H32FN7O3. The SMILES string of the molecule is CN(C)CC(C)(C)CC1[C@@H](C#N)[C@H](n2cc(C(N)=O)c(Nc3ccc(F)cc3)n2)CCN1C(=O)O. The molecule has 0 saturated carbocycles. The van der Waals surface area contributed by atoms with Crippen LogP contribution >= 0.6 is 0 Å². The van der Waals surface area contributed by atoms with Crippen LogP contribution in [0.25, 0.3) is 0 Å². The van der Waals surface area contributed by atoms with Gasteiger partial charge in [0.25, 0.3) is 5.91 Å². The quantitative estimate of drug-likeness (QED) is 0.521. The van der Waals surface area contributed by atoms with Gasteiger partial charge in [0.15, 0.2) is 5.82 Å². The molecule has 0 radical (unpaired) electrons.